The molecule has 0 bridgehead atoms. The van der Waals surface area contributed by atoms with Crippen molar-refractivity contribution in [3.05, 3.63) is 29.6 Å². The summed E-state index contributed by atoms with van der Waals surface area (Å²) in [5.74, 6) is 0. The third-order valence-corrected chi connectivity index (χ3v) is 2.82. The number of hydrogen-bond donors (Lipinski definition) is 2. The van der Waals surface area contributed by atoms with Gasteiger partial charge in [-0.15, -0.1) is 0 Å². The molecule has 0 spiro atoms. The van der Waals surface area contributed by atoms with Crippen molar-refractivity contribution in [3.8, 4) is 0 Å². The minimum atomic E-state index is -0.517. The number of rotatable bonds is 9. The third kappa shape index (κ3) is 6.63. The lowest BCUT2D eigenvalue weighted by Crippen LogP contribution is -2.32. The molecular weight excluding hydrogens is 244 g/mol. The van der Waals surface area contributed by atoms with Crippen molar-refractivity contribution in [1.82, 2.24) is 10.3 Å². The standard InChI is InChI=1S/C14H24N2O3/c1-11-4-5-15-6-13(11)7-16-8-14(17)10-19-12(2)9-18-3/h4-6,12,14,16-17H,7-10H2,1-3H3. The van der Waals surface area contributed by atoms with E-state index < -0.39 is 6.10 Å². The average molecular weight is 268 g/mol. The number of nitrogens with zero attached hydrogens (tertiary/aromatic N) is 1. The molecule has 0 fully saturated rings. The van der Waals surface area contributed by atoms with Crippen molar-refractivity contribution in [1.29, 1.82) is 0 Å². The van der Waals surface area contributed by atoms with Crippen LogP contribution in [-0.4, -0.2) is 49.2 Å². The zero-order chi connectivity index (χ0) is 14.1. The number of ether oxygens (including phenoxy) is 2. The number of nitrogens with one attached hydrogen (secondary N) is 1. The highest BCUT2D eigenvalue weighted by molar-refractivity contribution is 5.20. The molecule has 0 aromatic carbocycles. The Labute approximate surface area is 115 Å². The summed E-state index contributed by atoms with van der Waals surface area (Å²) in [6.07, 6.45) is 3.10. The fraction of sp³-hybridized carbons (Fsp3) is 0.643. The van der Waals surface area contributed by atoms with Crippen LogP contribution in [0.1, 0.15) is 18.1 Å². The first-order valence-corrected chi connectivity index (χ1v) is 6.52. The number of hydrogen-bond acceptors (Lipinski definition) is 5. The predicted molar refractivity (Wildman–Crippen MR) is 74.0 cm³/mol. The summed E-state index contributed by atoms with van der Waals surface area (Å²) in [5.41, 5.74) is 2.34. The Morgan fingerprint density at radius 2 is 2.21 bits per heavy atom. The molecule has 2 atom stereocenters. The number of aliphatic hydroxyl groups is 1. The highest BCUT2D eigenvalue weighted by Crippen LogP contribution is 2.03. The molecule has 2 unspecified atom stereocenters. The molecule has 108 valence electrons. The molecule has 1 aromatic heterocycles. The molecule has 5 heteroatoms. The maximum absolute atomic E-state index is 9.77. The van der Waals surface area contributed by atoms with E-state index >= 15 is 0 Å². The molecule has 0 radical (unpaired) electrons. The van der Waals surface area contributed by atoms with Gasteiger partial charge in [0.2, 0.25) is 0 Å². The highest BCUT2D eigenvalue weighted by atomic mass is 16.5. The van der Waals surface area contributed by atoms with E-state index in [9.17, 15) is 5.11 Å². The summed E-state index contributed by atoms with van der Waals surface area (Å²) in [4.78, 5) is 4.08. The first-order valence-electron chi connectivity index (χ1n) is 6.52. The van der Waals surface area contributed by atoms with Gasteiger partial charge >= 0.3 is 0 Å². The second kappa shape index (κ2) is 8.98. The number of methoxy groups -OCH3 is 1. The van der Waals surface area contributed by atoms with E-state index in [1.54, 1.807) is 13.3 Å². The summed E-state index contributed by atoms with van der Waals surface area (Å²) < 4.78 is 10.4. The lowest BCUT2D eigenvalue weighted by Gasteiger charge is -2.16. The third-order valence-electron chi connectivity index (χ3n) is 2.82. The summed E-state index contributed by atoms with van der Waals surface area (Å²) in [7, 11) is 1.63. The Kier molecular flexibility index (Phi) is 7.59. The van der Waals surface area contributed by atoms with Crippen LogP contribution in [0.25, 0.3) is 0 Å². The van der Waals surface area contributed by atoms with E-state index in [1.807, 2.05) is 26.1 Å². The molecule has 0 saturated carbocycles. The topological polar surface area (TPSA) is 63.6 Å². The molecule has 5 nitrogen and oxygen atoms in total. The van der Waals surface area contributed by atoms with Crippen LogP contribution >= 0.6 is 0 Å². The second-order valence-electron chi connectivity index (χ2n) is 4.69. The SMILES string of the molecule is COCC(C)OCC(O)CNCc1cnccc1C. The fourth-order valence-electron chi connectivity index (χ4n) is 1.67. The zero-order valence-corrected chi connectivity index (χ0v) is 11.9. The lowest BCUT2D eigenvalue weighted by atomic mass is 10.1. The molecular formula is C14H24N2O3. The minimum Gasteiger partial charge on any atom is -0.389 e. The quantitative estimate of drug-likeness (QED) is 0.696. The molecule has 1 heterocycles. The Morgan fingerprint density at radius 1 is 1.42 bits per heavy atom. The number of pyridine rings is 1. The van der Waals surface area contributed by atoms with Gasteiger partial charge in [-0.25, -0.2) is 0 Å². The van der Waals surface area contributed by atoms with E-state index in [1.165, 1.54) is 5.56 Å². The van der Waals surface area contributed by atoms with Crippen molar-refractivity contribution in [2.45, 2.75) is 32.6 Å². The van der Waals surface area contributed by atoms with Gasteiger partial charge in [0.05, 0.1) is 25.4 Å². The Hall–Kier alpha value is -1.01. The lowest BCUT2D eigenvalue weighted by molar-refractivity contribution is -0.0311. The van der Waals surface area contributed by atoms with Gasteiger partial charge in [0.15, 0.2) is 0 Å². The number of aliphatic hydroxyl groups excluding tert-OH is 1. The average Bonchev–Trinajstić information content (AvgIpc) is 2.39. The highest BCUT2D eigenvalue weighted by Gasteiger charge is 2.08. The maximum Gasteiger partial charge on any atom is 0.0897 e. The smallest absolute Gasteiger partial charge is 0.0897 e. The molecule has 0 aliphatic heterocycles. The van der Waals surface area contributed by atoms with Gasteiger partial charge in [-0.05, 0) is 31.0 Å². The van der Waals surface area contributed by atoms with Crippen molar-refractivity contribution >= 4 is 0 Å². The van der Waals surface area contributed by atoms with Gasteiger partial charge in [0, 0.05) is 32.6 Å². The predicted octanol–water partition coefficient (Wildman–Crippen LogP) is 0.892. The molecule has 0 aliphatic carbocycles. The first kappa shape index (κ1) is 16.0. The number of aromatic nitrogens is 1. The Bertz CT molecular complexity index is 360. The van der Waals surface area contributed by atoms with Crippen LogP contribution in [0.2, 0.25) is 0 Å². The van der Waals surface area contributed by atoms with Crippen LogP contribution in [0.4, 0.5) is 0 Å². The van der Waals surface area contributed by atoms with Gasteiger partial charge in [-0.1, -0.05) is 0 Å². The van der Waals surface area contributed by atoms with Crippen LogP contribution in [0.15, 0.2) is 18.5 Å². The summed E-state index contributed by atoms with van der Waals surface area (Å²) in [6.45, 7) is 6.00. The molecule has 19 heavy (non-hydrogen) atoms. The van der Waals surface area contributed by atoms with Crippen LogP contribution in [0.5, 0.6) is 0 Å². The monoisotopic (exact) mass is 268 g/mol. The zero-order valence-electron chi connectivity index (χ0n) is 11.9. The van der Waals surface area contributed by atoms with Crippen molar-refractivity contribution < 1.29 is 14.6 Å². The Balaban J connectivity index is 2.17. The van der Waals surface area contributed by atoms with E-state index in [4.69, 9.17) is 9.47 Å². The summed E-state index contributed by atoms with van der Waals surface area (Å²) >= 11 is 0. The molecule has 2 N–H and O–H groups in total. The minimum absolute atomic E-state index is 0.000202. The molecule has 1 rings (SSSR count). The first-order chi connectivity index (χ1) is 9.13. The molecule has 0 saturated heterocycles. The summed E-state index contributed by atoms with van der Waals surface area (Å²) in [5, 5.41) is 13.0. The van der Waals surface area contributed by atoms with E-state index in [-0.39, 0.29) is 6.10 Å². The van der Waals surface area contributed by atoms with Crippen LogP contribution in [-0.2, 0) is 16.0 Å². The van der Waals surface area contributed by atoms with Gasteiger partial charge in [0.1, 0.15) is 0 Å². The second-order valence-corrected chi connectivity index (χ2v) is 4.69. The van der Waals surface area contributed by atoms with Crippen LogP contribution in [0, 0.1) is 6.92 Å². The van der Waals surface area contributed by atoms with E-state index in [2.05, 4.69) is 10.3 Å². The van der Waals surface area contributed by atoms with Crippen LogP contribution < -0.4 is 5.32 Å². The molecule has 0 amide bonds. The van der Waals surface area contributed by atoms with Gasteiger partial charge < -0.3 is 19.9 Å². The molecule has 1 aromatic rings. The summed E-state index contributed by atoms with van der Waals surface area (Å²) in [6, 6.07) is 1.98. The van der Waals surface area contributed by atoms with Crippen molar-refractivity contribution in [2.75, 3.05) is 26.9 Å². The maximum atomic E-state index is 9.77. The normalized spacial score (nSPS) is 14.3. The van der Waals surface area contributed by atoms with Gasteiger partial charge in [0.25, 0.3) is 0 Å². The number of aryl methyl sites for hydroxylation is 1. The van der Waals surface area contributed by atoms with Crippen molar-refractivity contribution in [3.63, 3.8) is 0 Å². The largest absolute Gasteiger partial charge is 0.389 e. The fourth-order valence-corrected chi connectivity index (χ4v) is 1.67. The van der Waals surface area contributed by atoms with E-state index in [0.29, 0.717) is 26.3 Å². The van der Waals surface area contributed by atoms with Gasteiger partial charge in [-0.3, -0.25) is 4.98 Å². The van der Waals surface area contributed by atoms with Crippen LogP contribution in [0.3, 0.4) is 0 Å². The molecule has 0 aliphatic rings. The Morgan fingerprint density at radius 3 is 2.89 bits per heavy atom. The van der Waals surface area contributed by atoms with E-state index in [0.717, 1.165) is 5.56 Å². The van der Waals surface area contributed by atoms with Crippen molar-refractivity contribution in [2.24, 2.45) is 0 Å². The van der Waals surface area contributed by atoms with Gasteiger partial charge in [-0.2, -0.15) is 0 Å².